The first-order chi connectivity index (χ1) is 9.02. The molecule has 1 heterocycles. The Labute approximate surface area is 110 Å². The van der Waals surface area contributed by atoms with Crippen molar-refractivity contribution in [2.24, 2.45) is 10.7 Å². The largest absolute Gasteiger partial charge is 0.369 e. The number of anilines is 1. The number of aliphatic imine (C=N–C) groups is 1. The molecular formula is C13H15N5O. The summed E-state index contributed by atoms with van der Waals surface area (Å²) in [7, 11) is 0. The number of rotatable bonds is 2. The molecule has 98 valence electrons. The lowest BCUT2D eigenvalue weighted by Crippen LogP contribution is -2.22. The molecule has 0 aliphatic rings. The Morgan fingerprint density at radius 3 is 2.63 bits per heavy atom. The molecule has 19 heavy (non-hydrogen) atoms. The molecular weight excluding hydrogens is 242 g/mol. The molecule has 0 atom stereocenters. The summed E-state index contributed by atoms with van der Waals surface area (Å²) >= 11 is 0. The van der Waals surface area contributed by atoms with Crippen LogP contribution in [0, 0.1) is 13.8 Å². The van der Waals surface area contributed by atoms with E-state index in [2.05, 4.69) is 20.3 Å². The monoisotopic (exact) mass is 257 g/mol. The minimum atomic E-state index is -0.255. The number of guanidine groups is 1. The number of nitrogens with zero attached hydrogens (tertiary/aromatic N) is 2. The lowest BCUT2D eigenvalue weighted by atomic mass is 10.2. The molecule has 0 saturated heterocycles. The Morgan fingerprint density at radius 1 is 1.32 bits per heavy atom. The molecule has 0 amide bonds. The first kappa shape index (κ1) is 12.8. The highest BCUT2D eigenvalue weighted by molar-refractivity contribution is 5.93. The summed E-state index contributed by atoms with van der Waals surface area (Å²) in [4.78, 5) is 21.8. The van der Waals surface area contributed by atoms with Crippen LogP contribution in [0.1, 0.15) is 11.3 Å². The smallest absolute Gasteiger partial charge is 0.252 e. The van der Waals surface area contributed by atoms with Crippen molar-refractivity contribution >= 4 is 17.6 Å². The van der Waals surface area contributed by atoms with Gasteiger partial charge < -0.3 is 11.1 Å². The summed E-state index contributed by atoms with van der Waals surface area (Å²) in [5.74, 6) is 0.347. The van der Waals surface area contributed by atoms with E-state index >= 15 is 0 Å². The van der Waals surface area contributed by atoms with E-state index in [9.17, 15) is 4.79 Å². The van der Waals surface area contributed by atoms with Gasteiger partial charge in [-0.2, -0.15) is 4.99 Å². The minimum Gasteiger partial charge on any atom is -0.369 e. The topological polar surface area (TPSA) is 96.2 Å². The average molecular weight is 257 g/mol. The van der Waals surface area contributed by atoms with Crippen LogP contribution in [0.5, 0.6) is 0 Å². The van der Waals surface area contributed by atoms with E-state index in [0.29, 0.717) is 5.69 Å². The zero-order valence-electron chi connectivity index (χ0n) is 10.8. The standard InChI is InChI=1S/C13H15N5O/c1-8-3-5-10(6-4-8)16-12(14)18-13-15-9(2)7-11(19)17-13/h3-7H,1-2H3,(H4,14,15,16,17,18,19). The Kier molecular flexibility index (Phi) is 3.61. The van der Waals surface area contributed by atoms with Gasteiger partial charge >= 0.3 is 0 Å². The lowest BCUT2D eigenvalue weighted by Gasteiger charge is -2.05. The molecule has 0 radical (unpaired) electrons. The second-order valence-corrected chi connectivity index (χ2v) is 4.20. The second kappa shape index (κ2) is 5.34. The highest BCUT2D eigenvalue weighted by Crippen LogP contribution is 2.08. The average Bonchev–Trinajstić information content (AvgIpc) is 2.30. The molecule has 4 N–H and O–H groups in total. The minimum absolute atomic E-state index is 0.164. The van der Waals surface area contributed by atoms with Crippen LogP contribution in [-0.2, 0) is 0 Å². The van der Waals surface area contributed by atoms with Crippen molar-refractivity contribution in [3.05, 3.63) is 51.9 Å². The predicted molar refractivity (Wildman–Crippen MR) is 75.7 cm³/mol. The van der Waals surface area contributed by atoms with Crippen molar-refractivity contribution in [1.29, 1.82) is 0 Å². The van der Waals surface area contributed by atoms with Crippen LogP contribution in [0.15, 0.2) is 40.1 Å². The van der Waals surface area contributed by atoms with Gasteiger partial charge in [0.25, 0.3) is 5.56 Å². The summed E-state index contributed by atoms with van der Waals surface area (Å²) in [6.07, 6.45) is 0. The highest BCUT2D eigenvalue weighted by Gasteiger charge is 1.99. The first-order valence-corrected chi connectivity index (χ1v) is 5.79. The van der Waals surface area contributed by atoms with Gasteiger partial charge in [0.05, 0.1) is 0 Å². The van der Waals surface area contributed by atoms with E-state index in [1.807, 2.05) is 31.2 Å². The number of aromatic nitrogens is 2. The van der Waals surface area contributed by atoms with Gasteiger partial charge in [0, 0.05) is 17.4 Å². The molecule has 0 aliphatic carbocycles. The van der Waals surface area contributed by atoms with Crippen LogP contribution < -0.4 is 16.6 Å². The Balaban J connectivity index is 2.18. The molecule has 6 nitrogen and oxygen atoms in total. The van der Waals surface area contributed by atoms with Crippen LogP contribution in [-0.4, -0.2) is 15.9 Å². The normalized spacial score (nSPS) is 11.4. The number of benzene rings is 1. The van der Waals surface area contributed by atoms with Crippen LogP contribution in [0.25, 0.3) is 0 Å². The predicted octanol–water partition coefficient (Wildman–Crippen LogP) is 1.45. The van der Waals surface area contributed by atoms with Crippen LogP contribution in [0.3, 0.4) is 0 Å². The number of H-pyrrole nitrogens is 1. The summed E-state index contributed by atoms with van der Waals surface area (Å²) in [6.45, 7) is 3.72. The second-order valence-electron chi connectivity index (χ2n) is 4.20. The maximum Gasteiger partial charge on any atom is 0.252 e. The quantitative estimate of drug-likeness (QED) is 0.560. The van der Waals surface area contributed by atoms with E-state index in [-0.39, 0.29) is 17.5 Å². The molecule has 0 aliphatic heterocycles. The van der Waals surface area contributed by atoms with Gasteiger partial charge in [-0.15, -0.1) is 0 Å². The van der Waals surface area contributed by atoms with E-state index in [4.69, 9.17) is 5.73 Å². The molecule has 2 rings (SSSR count). The third kappa shape index (κ3) is 3.67. The highest BCUT2D eigenvalue weighted by atomic mass is 16.1. The van der Waals surface area contributed by atoms with E-state index < -0.39 is 0 Å². The third-order valence-corrected chi connectivity index (χ3v) is 2.41. The molecule has 0 fully saturated rings. The summed E-state index contributed by atoms with van der Waals surface area (Å²) in [5.41, 5.74) is 8.07. The van der Waals surface area contributed by atoms with Gasteiger partial charge in [-0.25, -0.2) is 4.98 Å². The SMILES string of the molecule is Cc1ccc(N/C(N)=N/c2nc(C)cc(=O)[nH]2)cc1. The van der Waals surface area contributed by atoms with Crippen LogP contribution in [0.4, 0.5) is 11.6 Å². The Hall–Kier alpha value is -2.63. The maximum atomic E-state index is 11.3. The van der Waals surface area contributed by atoms with Crippen molar-refractivity contribution in [3.63, 3.8) is 0 Å². The number of nitrogens with one attached hydrogen (secondary N) is 2. The molecule has 0 bridgehead atoms. The van der Waals surface area contributed by atoms with Gasteiger partial charge in [-0.3, -0.25) is 9.78 Å². The molecule has 0 saturated carbocycles. The number of aromatic amines is 1. The fraction of sp³-hybridized carbons (Fsp3) is 0.154. The Bertz CT molecular complexity index is 657. The number of aryl methyl sites for hydroxylation is 2. The Morgan fingerprint density at radius 2 is 2.00 bits per heavy atom. The van der Waals surface area contributed by atoms with E-state index in [0.717, 1.165) is 11.3 Å². The fourth-order valence-corrected chi connectivity index (χ4v) is 1.54. The summed E-state index contributed by atoms with van der Waals surface area (Å²) in [6, 6.07) is 9.10. The summed E-state index contributed by atoms with van der Waals surface area (Å²) < 4.78 is 0. The summed E-state index contributed by atoms with van der Waals surface area (Å²) in [5, 5.41) is 2.92. The molecule has 1 aromatic carbocycles. The van der Waals surface area contributed by atoms with Gasteiger partial charge in [0.1, 0.15) is 0 Å². The zero-order chi connectivity index (χ0) is 13.8. The maximum absolute atomic E-state index is 11.3. The number of hydrogen-bond donors (Lipinski definition) is 3. The number of nitrogens with two attached hydrogens (primary N) is 1. The van der Waals surface area contributed by atoms with Crippen LogP contribution in [0.2, 0.25) is 0 Å². The van der Waals surface area contributed by atoms with E-state index in [1.165, 1.54) is 6.07 Å². The van der Waals surface area contributed by atoms with Gasteiger partial charge in [-0.1, -0.05) is 17.7 Å². The van der Waals surface area contributed by atoms with Crippen molar-refractivity contribution < 1.29 is 0 Å². The molecule has 0 spiro atoms. The third-order valence-electron chi connectivity index (χ3n) is 2.41. The molecule has 6 heteroatoms. The van der Waals surface area contributed by atoms with Crippen molar-refractivity contribution in [1.82, 2.24) is 9.97 Å². The van der Waals surface area contributed by atoms with Crippen molar-refractivity contribution in [2.75, 3.05) is 5.32 Å². The van der Waals surface area contributed by atoms with Crippen molar-refractivity contribution in [3.8, 4) is 0 Å². The fourth-order valence-electron chi connectivity index (χ4n) is 1.54. The molecule has 0 unspecified atom stereocenters. The zero-order valence-corrected chi connectivity index (χ0v) is 10.8. The van der Waals surface area contributed by atoms with E-state index in [1.54, 1.807) is 6.92 Å². The number of hydrogen-bond acceptors (Lipinski definition) is 3. The lowest BCUT2D eigenvalue weighted by molar-refractivity contribution is 1.05. The van der Waals surface area contributed by atoms with Crippen LogP contribution >= 0.6 is 0 Å². The van der Waals surface area contributed by atoms with Gasteiger partial charge in [-0.05, 0) is 26.0 Å². The molecule has 2 aromatic rings. The molecule has 1 aromatic heterocycles. The van der Waals surface area contributed by atoms with Gasteiger partial charge in [0.15, 0.2) is 0 Å². The van der Waals surface area contributed by atoms with Gasteiger partial charge in [0.2, 0.25) is 11.9 Å². The van der Waals surface area contributed by atoms with Crippen molar-refractivity contribution in [2.45, 2.75) is 13.8 Å². The first-order valence-electron chi connectivity index (χ1n) is 5.79.